The van der Waals surface area contributed by atoms with E-state index in [0.29, 0.717) is 31.0 Å². The van der Waals surface area contributed by atoms with Gasteiger partial charge in [0, 0.05) is 48.5 Å². The van der Waals surface area contributed by atoms with Gasteiger partial charge in [-0.3, -0.25) is 9.69 Å². The van der Waals surface area contributed by atoms with Crippen molar-refractivity contribution >= 4 is 27.3 Å². The van der Waals surface area contributed by atoms with Crippen molar-refractivity contribution in [3.05, 3.63) is 46.2 Å². The van der Waals surface area contributed by atoms with Crippen molar-refractivity contribution < 1.29 is 13.2 Å². The lowest BCUT2D eigenvalue weighted by Gasteiger charge is -2.37. The number of sulfone groups is 1. The van der Waals surface area contributed by atoms with Crippen molar-refractivity contribution in [2.24, 2.45) is 0 Å². The highest BCUT2D eigenvalue weighted by Gasteiger charge is 2.34. The second kappa shape index (κ2) is 8.32. The molecule has 1 aromatic carbocycles. The van der Waals surface area contributed by atoms with E-state index in [9.17, 15) is 13.2 Å². The first-order valence-corrected chi connectivity index (χ1v) is 12.5. The Morgan fingerprint density at radius 1 is 1.13 bits per heavy atom. The maximum Gasteiger partial charge on any atom is 0.227 e. The van der Waals surface area contributed by atoms with Gasteiger partial charge in [0.15, 0.2) is 9.84 Å². The molecule has 4 rings (SSSR count). The van der Waals surface area contributed by atoms with Crippen LogP contribution in [0.1, 0.15) is 23.4 Å². The molecular weight excluding hydrogens is 424 g/mol. The summed E-state index contributed by atoms with van der Waals surface area (Å²) in [5, 5.41) is 5.30. The summed E-state index contributed by atoms with van der Waals surface area (Å²) in [6.45, 7) is 6.65. The first-order valence-electron chi connectivity index (χ1n) is 10.3. The topological polar surface area (TPSA) is 75.5 Å². The van der Waals surface area contributed by atoms with Gasteiger partial charge in [-0.2, -0.15) is 5.10 Å². The molecular formula is C21H27ClN4O3S. The predicted octanol–water partition coefficient (Wildman–Crippen LogP) is 2.02. The van der Waals surface area contributed by atoms with E-state index in [-0.39, 0.29) is 23.5 Å². The molecule has 0 aliphatic carbocycles. The number of carbonyl (C=O) groups is 1. The number of nitrogens with zero attached hydrogens (tertiary/aromatic N) is 4. The third-order valence-electron chi connectivity index (χ3n) is 6.23. The zero-order valence-corrected chi connectivity index (χ0v) is 18.9. The highest BCUT2D eigenvalue weighted by molar-refractivity contribution is 7.91. The zero-order chi connectivity index (χ0) is 21.5. The van der Waals surface area contributed by atoms with E-state index >= 15 is 0 Å². The van der Waals surface area contributed by atoms with Gasteiger partial charge >= 0.3 is 0 Å². The van der Waals surface area contributed by atoms with Gasteiger partial charge in [0.25, 0.3) is 0 Å². The van der Waals surface area contributed by atoms with E-state index in [1.807, 2.05) is 47.7 Å². The minimum absolute atomic E-state index is 0.0931. The van der Waals surface area contributed by atoms with E-state index in [2.05, 4.69) is 10.00 Å². The average molecular weight is 451 g/mol. The van der Waals surface area contributed by atoms with Crippen LogP contribution in [-0.2, 0) is 21.1 Å². The molecule has 1 unspecified atom stereocenters. The van der Waals surface area contributed by atoms with Crippen molar-refractivity contribution in [3.63, 3.8) is 0 Å². The fourth-order valence-electron chi connectivity index (χ4n) is 4.43. The number of aryl methyl sites for hydroxylation is 1. The Balaban J connectivity index is 1.39. The van der Waals surface area contributed by atoms with Gasteiger partial charge in [-0.05, 0) is 44.5 Å². The monoisotopic (exact) mass is 450 g/mol. The lowest BCUT2D eigenvalue weighted by atomic mass is 10.1. The smallest absolute Gasteiger partial charge is 0.227 e. The third-order valence-corrected chi connectivity index (χ3v) is 8.23. The summed E-state index contributed by atoms with van der Waals surface area (Å²) in [4.78, 5) is 17.1. The molecule has 2 aliphatic rings. The largest absolute Gasteiger partial charge is 0.340 e. The molecule has 7 nitrogen and oxygen atoms in total. The molecule has 1 atom stereocenters. The van der Waals surface area contributed by atoms with Crippen LogP contribution in [0.15, 0.2) is 24.3 Å². The number of piperazine rings is 1. The molecule has 1 aromatic heterocycles. The van der Waals surface area contributed by atoms with Crippen LogP contribution in [0.3, 0.4) is 0 Å². The Morgan fingerprint density at radius 2 is 1.80 bits per heavy atom. The van der Waals surface area contributed by atoms with Crippen molar-refractivity contribution in [2.45, 2.75) is 32.7 Å². The lowest BCUT2D eigenvalue weighted by molar-refractivity contribution is -0.132. The molecule has 0 saturated carbocycles. The Labute approximate surface area is 182 Å². The quantitative estimate of drug-likeness (QED) is 0.712. The number of carbonyl (C=O) groups excluding carboxylic acids is 1. The third kappa shape index (κ3) is 4.40. The molecule has 2 fully saturated rings. The second-order valence-corrected chi connectivity index (χ2v) is 10.9. The van der Waals surface area contributed by atoms with Crippen molar-refractivity contribution in [3.8, 4) is 5.69 Å². The van der Waals surface area contributed by atoms with Crippen LogP contribution in [0.25, 0.3) is 5.69 Å². The molecule has 0 spiro atoms. The summed E-state index contributed by atoms with van der Waals surface area (Å²) in [6.07, 6.45) is 1.03. The Kier molecular flexibility index (Phi) is 5.92. The summed E-state index contributed by atoms with van der Waals surface area (Å²) >= 11 is 5.98. The lowest BCUT2D eigenvalue weighted by Crippen LogP contribution is -2.52. The summed E-state index contributed by atoms with van der Waals surface area (Å²) in [5.41, 5.74) is 3.68. The normalized spacial score (nSPS) is 21.8. The SMILES string of the molecule is Cc1nn(-c2ccc(Cl)cc2)c(C)c1CC(=O)N1CCN(C2CCS(=O)(=O)C2)CC1. The van der Waals surface area contributed by atoms with Crippen molar-refractivity contribution in [2.75, 3.05) is 37.7 Å². The molecule has 3 heterocycles. The molecule has 2 aromatic rings. The molecule has 1 amide bonds. The Hall–Kier alpha value is -1.90. The number of rotatable bonds is 4. The van der Waals surface area contributed by atoms with Crippen molar-refractivity contribution in [1.82, 2.24) is 19.6 Å². The fourth-order valence-corrected chi connectivity index (χ4v) is 6.31. The number of aromatic nitrogens is 2. The summed E-state index contributed by atoms with van der Waals surface area (Å²) in [5.74, 6) is 0.631. The fraction of sp³-hybridized carbons (Fsp3) is 0.524. The van der Waals surface area contributed by atoms with Crippen molar-refractivity contribution in [1.29, 1.82) is 0 Å². The zero-order valence-electron chi connectivity index (χ0n) is 17.3. The molecule has 2 saturated heterocycles. The number of hydrogen-bond acceptors (Lipinski definition) is 5. The van der Waals surface area contributed by atoms with Crippen LogP contribution in [-0.4, -0.2) is 77.6 Å². The van der Waals surface area contributed by atoms with Gasteiger partial charge in [-0.15, -0.1) is 0 Å². The molecule has 0 N–H and O–H groups in total. The molecule has 9 heteroatoms. The maximum absolute atomic E-state index is 13.0. The molecule has 0 radical (unpaired) electrons. The van der Waals surface area contributed by atoms with Crippen LogP contribution < -0.4 is 0 Å². The minimum atomic E-state index is -2.89. The van der Waals surface area contributed by atoms with Gasteiger partial charge in [-0.25, -0.2) is 13.1 Å². The minimum Gasteiger partial charge on any atom is -0.340 e. The molecule has 0 bridgehead atoms. The summed E-state index contributed by atoms with van der Waals surface area (Å²) < 4.78 is 25.3. The predicted molar refractivity (Wildman–Crippen MR) is 117 cm³/mol. The van der Waals surface area contributed by atoms with Crippen LogP contribution in [0.5, 0.6) is 0 Å². The number of hydrogen-bond donors (Lipinski definition) is 0. The van der Waals surface area contributed by atoms with Crippen LogP contribution in [0, 0.1) is 13.8 Å². The summed E-state index contributed by atoms with van der Waals surface area (Å²) in [7, 11) is -2.89. The van der Waals surface area contributed by atoms with Gasteiger partial charge in [-0.1, -0.05) is 11.6 Å². The molecule has 2 aliphatic heterocycles. The average Bonchev–Trinajstić information content (AvgIpc) is 3.22. The number of halogens is 1. The van der Waals surface area contributed by atoms with Crippen LogP contribution in [0.4, 0.5) is 0 Å². The first kappa shape index (κ1) is 21.3. The van der Waals surface area contributed by atoms with E-state index in [4.69, 9.17) is 11.6 Å². The maximum atomic E-state index is 13.0. The second-order valence-electron chi connectivity index (χ2n) is 8.19. The van der Waals surface area contributed by atoms with Gasteiger partial charge in [0.1, 0.15) is 0 Å². The van der Waals surface area contributed by atoms with E-state index < -0.39 is 9.84 Å². The molecule has 30 heavy (non-hydrogen) atoms. The summed E-state index contributed by atoms with van der Waals surface area (Å²) in [6, 6.07) is 7.58. The van der Waals surface area contributed by atoms with E-state index in [0.717, 1.165) is 35.7 Å². The number of benzene rings is 1. The van der Waals surface area contributed by atoms with Gasteiger partial charge in [0.2, 0.25) is 5.91 Å². The van der Waals surface area contributed by atoms with Gasteiger partial charge in [0.05, 0.1) is 29.3 Å². The Bertz CT molecular complexity index is 1040. The van der Waals surface area contributed by atoms with E-state index in [1.165, 1.54) is 0 Å². The first-order chi connectivity index (χ1) is 14.2. The van der Waals surface area contributed by atoms with Crippen LogP contribution >= 0.6 is 11.6 Å². The highest BCUT2D eigenvalue weighted by atomic mass is 35.5. The Morgan fingerprint density at radius 3 is 2.40 bits per heavy atom. The van der Waals surface area contributed by atoms with Gasteiger partial charge < -0.3 is 4.90 Å². The molecule has 162 valence electrons. The number of amides is 1. The van der Waals surface area contributed by atoms with E-state index in [1.54, 1.807) is 0 Å². The standard InChI is InChI=1S/C21H27ClN4O3S/c1-15-20(16(2)26(23-15)18-5-3-17(22)4-6-18)13-21(27)25-10-8-24(9-11-25)19-7-12-30(28,29)14-19/h3-6,19H,7-14H2,1-2H3. The highest BCUT2D eigenvalue weighted by Crippen LogP contribution is 2.22. The van der Waals surface area contributed by atoms with Crippen LogP contribution in [0.2, 0.25) is 5.02 Å².